The first-order chi connectivity index (χ1) is 14.7. The summed E-state index contributed by atoms with van der Waals surface area (Å²) in [6.07, 6.45) is 4.42. The summed E-state index contributed by atoms with van der Waals surface area (Å²) < 4.78 is 1.24. The van der Waals surface area contributed by atoms with Crippen LogP contribution in [0, 0.1) is 0 Å². The van der Waals surface area contributed by atoms with Gasteiger partial charge in [-0.05, 0) is 50.2 Å². The van der Waals surface area contributed by atoms with Gasteiger partial charge in [0.2, 0.25) is 0 Å². The molecule has 4 heterocycles. The zero-order valence-corrected chi connectivity index (χ0v) is 17.8. The Kier molecular flexibility index (Phi) is 4.32. The molecule has 30 heavy (non-hydrogen) atoms. The molecule has 0 radical (unpaired) electrons. The summed E-state index contributed by atoms with van der Waals surface area (Å²) in [4.78, 5) is 19.1. The molecule has 0 spiro atoms. The van der Waals surface area contributed by atoms with Crippen LogP contribution >= 0.6 is 11.3 Å². The third-order valence-electron chi connectivity index (χ3n) is 6.01. The van der Waals surface area contributed by atoms with Crippen molar-refractivity contribution in [3.8, 4) is 0 Å². The number of nitrogens with zero attached hydrogens (tertiary/aromatic N) is 5. The molecule has 0 unspecified atom stereocenters. The standard InChI is InChI=1S/C23H24N6S/c1-28-9-11-29(12-10-28)21-14-19-17(3-2-8-24-19)22(27-21)25-16-6-7-18-20(13-16)30-23(26-18)15-4-5-15/h2-3,6-8,13-15H,4-5,9-12H2,1H3,(H,25,27). The van der Waals surface area contributed by atoms with Crippen molar-refractivity contribution in [2.75, 3.05) is 43.4 Å². The van der Waals surface area contributed by atoms with E-state index >= 15 is 0 Å². The summed E-state index contributed by atoms with van der Waals surface area (Å²) in [7, 11) is 2.17. The fourth-order valence-corrected chi connectivity index (χ4v) is 5.19. The second kappa shape index (κ2) is 7.18. The largest absolute Gasteiger partial charge is 0.354 e. The van der Waals surface area contributed by atoms with Gasteiger partial charge in [0.25, 0.3) is 0 Å². The molecule has 152 valence electrons. The first kappa shape index (κ1) is 18.0. The zero-order valence-electron chi connectivity index (χ0n) is 17.0. The number of aromatic nitrogens is 3. The van der Waals surface area contributed by atoms with Crippen molar-refractivity contribution in [2.24, 2.45) is 0 Å². The number of anilines is 3. The molecule has 0 amide bonds. The average Bonchev–Trinajstić information content (AvgIpc) is 3.53. The van der Waals surface area contributed by atoms with Crippen molar-refractivity contribution < 1.29 is 0 Å². The zero-order chi connectivity index (χ0) is 20.1. The third-order valence-corrected chi connectivity index (χ3v) is 7.19. The number of likely N-dealkylation sites (N-methyl/N-ethyl adjacent to an activating group) is 1. The van der Waals surface area contributed by atoms with Crippen LogP contribution in [0.4, 0.5) is 17.3 Å². The lowest BCUT2D eigenvalue weighted by Crippen LogP contribution is -2.44. The van der Waals surface area contributed by atoms with Gasteiger partial charge in [-0.2, -0.15) is 0 Å². The topological polar surface area (TPSA) is 57.2 Å². The predicted octanol–water partition coefficient (Wildman–Crippen LogP) is 4.61. The Morgan fingerprint density at radius 1 is 1.00 bits per heavy atom. The first-order valence-corrected chi connectivity index (χ1v) is 11.4. The average molecular weight is 417 g/mol. The predicted molar refractivity (Wildman–Crippen MR) is 124 cm³/mol. The monoisotopic (exact) mass is 416 g/mol. The van der Waals surface area contributed by atoms with Crippen LogP contribution in [0.1, 0.15) is 23.8 Å². The van der Waals surface area contributed by atoms with E-state index in [0.29, 0.717) is 5.92 Å². The van der Waals surface area contributed by atoms with Crippen molar-refractivity contribution in [3.63, 3.8) is 0 Å². The Morgan fingerprint density at radius 3 is 2.70 bits per heavy atom. The van der Waals surface area contributed by atoms with E-state index < -0.39 is 0 Å². The number of pyridine rings is 2. The Bertz CT molecular complexity index is 1220. The van der Waals surface area contributed by atoms with Gasteiger partial charge in [-0.15, -0.1) is 11.3 Å². The Morgan fingerprint density at radius 2 is 1.87 bits per heavy atom. The maximum Gasteiger partial charge on any atom is 0.142 e. The molecule has 4 aromatic rings. The van der Waals surface area contributed by atoms with Gasteiger partial charge in [0.05, 0.1) is 20.7 Å². The number of nitrogens with one attached hydrogen (secondary N) is 1. The fraction of sp³-hybridized carbons (Fsp3) is 0.348. The van der Waals surface area contributed by atoms with Gasteiger partial charge >= 0.3 is 0 Å². The van der Waals surface area contributed by atoms with Crippen LogP contribution in [-0.2, 0) is 0 Å². The minimum Gasteiger partial charge on any atom is -0.354 e. The molecule has 1 saturated heterocycles. The number of rotatable bonds is 4. The number of hydrogen-bond donors (Lipinski definition) is 1. The third kappa shape index (κ3) is 3.38. The summed E-state index contributed by atoms with van der Waals surface area (Å²) in [5, 5.41) is 5.90. The van der Waals surface area contributed by atoms with Gasteiger partial charge in [-0.25, -0.2) is 9.97 Å². The van der Waals surface area contributed by atoms with Gasteiger partial charge in [0.1, 0.15) is 11.6 Å². The minimum atomic E-state index is 0.691. The van der Waals surface area contributed by atoms with E-state index in [1.807, 2.05) is 23.6 Å². The van der Waals surface area contributed by atoms with Crippen molar-refractivity contribution in [1.29, 1.82) is 0 Å². The van der Waals surface area contributed by atoms with Crippen molar-refractivity contribution in [2.45, 2.75) is 18.8 Å². The number of piperazine rings is 1. The van der Waals surface area contributed by atoms with Gasteiger partial charge < -0.3 is 15.1 Å². The quantitative estimate of drug-likeness (QED) is 0.524. The molecule has 6 rings (SSSR count). The van der Waals surface area contributed by atoms with Crippen LogP contribution in [0.3, 0.4) is 0 Å². The molecule has 6 nitrogen and oxygen atoms in total. The van der Waals surface area contributed by atoms with Gasteiger partial charge in [-0.3, -0.25) is 4.98 Å². The SMILES string of the molecule is CN1CCN(c2cc3ncccc3c(Nc3ccc4nc(C5CC5)sc4c3)n2)CC1. The highest BCUT2D eigenvalue weighted by molar-refractivity contribution is 7.18. The second-order valence-electron chi connectivity index (χ2n) is 8.32. The number of benzene rings is 1. The molecule has 2 fully saturated rings. The molecule has 1 aliphatic heterocycles. The van der Waals surface area contributed by atoms with Crippen molar-refractivity contribution in [1.82, 2.24) is 19.9 Å². The van der Waals surface area contributed by atoms with E-state index in [0.717, 1.165) is 59.9 Å². The molecule has 7 heteroatoms. The summed E-state index contributed by atoms with van der Waals surface area (Å²) in [5.74, 6) is 2.54. The van der Waals surface area contributed by atoms with Gasteiger partial charge in [0.15, 0.2) is 0 Å². The molecule has 1 aliphatic carbocycles. The summed E-state index contributed by atoms with van der Waals surface area (Å²) in [6.45, 7) is 4.07. The van der Waals surface area contributed by atoms with E-state index in [1.54, 1.807) is 0 Å². The van der Waals surface area contributed by atoms with E-state index in [9.17, 15) is 0 Å². The van der Waals surface area contributed by atoms with Crippen LogP contribution in [0.5, 0.6) is 0 Å². The Hall–Kier alpha value is -2.77. The maximum absolute atomic E-state index is 5.01. The van der Waals surface area contributed by atoms with Crippen molar-refractivity contribution in [3.05, 3.63) is 47.6 Å². The van der Waals surface area contributed by atoms with Crippen LogP contribution in [0.15, 0.2) is 42.6 Å². The number of thiazole rings is 1. The molecular weight excluding hydrogens is 392 g/mol. The maximum atomic E-state index is 5.01. The molecule has 0 bridgehead atoms. The van der Waals surface area contributed by atoms with Crippen LogP contribution < -0.4 is 10.2 Å². The summed E-state index contributed by atoms with van der Waals surface area (Å²) in [6, 6.07) is 12.6. The highest BCUT2D eigenvalue weighted by Gasteiger charge is 2.27. The van der Waals surface area contributed by atoms with E-state index in [1.165, 1.54) is 22.5 Å². The van der Waals surface area contributed by atoms with Gasteiger partial charge in [0, 0.05) is 55.4 Å². The summed E-state index contributed by atoms with van der Waals surface area (Å²) >= 11 is 1.83. The number of hydrogen-bond acceptors (Lipinski definition) is 7. The Labute approximate surface area is 179 Å². The highest BCUT2D eigenvalue weighted by Crippen LogP contribution is 2.43. The molecule has 1 saturated carbocycles. The van der Waals surface area contributed by atoms with Crippen molar-refractivity contribution >= 4 is 49.8 Å². The second-order valence-corrected chi connectivity index (χ2v) is 9.39. The lowest BCUT2D eigenvalue weighted by molar-refractivity contribution is 0.312. The smallest absolute Gasteiger partial charge is 0.142 e. The van der Waals surface area contributed by atoms with Crippen LogP contribution in [0.25, 0.3) is 21.1 Å². The van der Waals surface area contributed by atoms with Gasteiger partial charge in [-0.1, -0.05) is 0 Å². The molecule has 1 aromatic carbocycles. The van der Waals surface area contributed by atoms with Crippen LogP contribution in [-0.4, -0.2) is 53.1 Å². The number of fused-ring (bicyclic) bond motifs is 2. The molecule has 2 aliphatic rings. The lowest BCUT2D eigenvalue weighted by Gasteiger charge is -2.33. The first-order valence-electron chi connectivity index (χ1n) is 10.6. The van der Waals surface area contributed by atoms with E-state index in [2.05, 4.69) is 57.5 Å². The van der Waals surface area contributed by atoms with E-state index in [4.69, 9.17) is 9.97 Å². The van der Waals surface area contributed by atoms with Crippen LogP contribution in [0.2, 0.25) is 0 Å². The highest BCUT2D eigenvalue weighted by atomic mass is 32.1. The molecular formula is C23H24N6S. The fourth-order valence-electron chi connectivity index (χ4n) is 4.02. The van der Waals surface area contributed by atoms with E-state index in [-0.39, 0.29) is 0 Å². The molecule has 3 aromatic heterocycles. The molecule has 0 atom stereocenters. The normalized spacial score (nSPS) is 17.7. The lowest BCUT2D eigenvalue weighted by atomic mass is 10.2. The minimum absolute atomic E-state index is 0.691. The molecule has 1 N–H and O–H groups in total. The summed E-state index contributed by atoms with van der Waals surface area (Å²) in [5.41, 5.74) is 3.11. The Balaban J connectivity index is 1.37.